The molecule has 2 aromatic rings. The molecule has 8 heteroatoms. The highest BCUT2D eigenvalue weighted by molar-refractivity contribution is 5.90. The summed E-state index contributed by atoms with van der Waals surface area (Å²) >= 11 is 0. The van der Waals surface area contributed by atoms with E-state index in [-0.39, 0.29) is 24.3 Å². The van der Waals surface area contributed by atoms with Crippen molar-refractivity contribution in [3.63, 3.8) is 0 Å². The Bertz CT molecular complexity index is 797. The predicted molar refractivity (Wildman–Crippen MR) is 79.5 cm³/mol. The molecular weight excluding hydrogens is 328 g/mol. The fraction of sp³-hybridized carbons (Fsp3) is 0.438. The van der Waals surface area contributed by atoms with Gasteiger partial charge in [-0.3, -0.25) is 4.79 Å². The summed E-state index contributed by atoms with van der Waals surface area (Å²) in [5.41, 5.74) is 2.00. The van der Waals surface area contributed by atoms with Crippen molar-refractivity contribution in [1.29, 1.82) is 0 Å². The van der Waals surface area contributed by atoms with Gasteiger partial charge in [0.2, 0.25) is 0 Å². The van der Waals surface area contributed by atoms with Crippen molar-refractivity contribution >= 4 is 16.8 Å². The largest absolute Gasteiger partial charge is 0.487 e. The Morgan fingerprint density at radius 3 is 2.88 bits per heavy atom. The minimum absolute atomic E-state index is 0.164. The number of nitrogens with one attached hydrogen (secondary N) is 2. The number of fused-ring (bicyclic) bond motifs is 3. The van der Waals surface area contributed by atoms with Crippen LogP contribution in [0.25, 0.3) is 10.9 Å². The van der Waals surface area contributed by atoms with E-state index in [1.807, 2.05) is 12.2 Å². The topological polar surface area (TPSA) is 54.1 Å². The molecule has 2 N–H and O–H groups in total. The van der Waals surface area contributed by atoms with Gasteiger partial charge in [-0.2, -0.15) is 13.2 Å². The van der Waals surface area contributed by atoms with Gasteiger partial charge >= 0.3 is 12.1 Å². The molecular formula is C16H16F4N2O2. The SMILES string of the molecule is CC1Cc2c(c(F)cc3[nH]cc(C(C)CNC(=O)C(F)(F)F)c23)O1. The molecule has 0 spiro atoms. The van der Waals surface area contributed by atoms with E-state index >= 15 is 0 Å². The molecule has 1 aromatic heterocycles. The summed E-state index contributed by atoms with van der Waals surface area (Å²) in [5, 5.41) is 2.63. The lowest BCUT2D eigenvalue weighted by Crippen LogP contribution is -2.38. The Balaban J connectivity index is 1.91. The summed E-state index contributed by atoms with van der Waals surface area (Å²) in [7, 11) is 0. The molecule has 4 nitrogen and oxygen atoms in total. The highest BCUT2D eigenvalue weighted by Gasteiger charge is 2.38. The molecule has 1 aromatic carbocycles. The molecule has 3 rings (SSSR count). The average molecular weight is 344 g/mol. The van der Waals surface area contributed by atoms with E-state index in [4.69, 9.17) is 4.74 Å². The van der Waals surface area contributed by atoms with Gasteiger partial charge in [0.25, 0.3) is 0 Å². The molecule has 130 valence electrons. The van der Waals surface area contributed by atoms with Crippen molar-refractivity contribution < 1.29 is 27.1 Å². The van der Waals surface area contributed by atoms with Gasteiger partial charge in [-0.15, -0.1) is 0 Å². The van der Waals surface area contributed by atoms with E-state index in [0.717, 1.165) is 10.9 Å². The lowest BCUT2D eigenvalue weighted by atomic mass is 9.95. The first kappa shape index (κ1) is 16.6. The molecule has 0 radical (unpaired) electrons. The smallest absolute Gasteiger partial charge is 0.471 e. The van der Waals surface area contributed by atoms with E-state index < -0.39 is 17.9 Å². The maximum atomic E-state index is 14.1. The molecule has 24 heavy (non-hydrogen) atoms. The van der Waals surface area contributed by atoms with Gasteiger partial charge in [-0.1, -0.05) is 6.92 Å². The number of ether oxygens (including phenoxy) is 1. The van der Waals surface area contributed by atoms with Crippen LogP contribution in [-0.4, -0.2) is 29.7 Å². The molecule has 2 unspecified atom stereocenters. The van der Waals surface area contributed by atoms with Crippen LogP contribution in [0.3, 0.4) is 0 Å². The Morgan fingerprint density at radius 2 is 2.21 bits per heavy atom. The van der Waals surface area contributed by atoms with Crippen molar-refractivity contribution in [3.8, 4) is 5.75 Å². The maximum absolute atomic E-state index is 14.1. The highest BCUT2D eigenvalue weighted by atomic mass is 19.4. The molecule has 2 heterocycles. The standard InChI is InChI=1S/C16H16F4N2O2/c1-7(5-22-15(23)16(18,19)20)10-6-21-12-4-11(17)14-9(13(10)12)3-8(2)24-14/h4,6-8,21H,3,5H2,1-2H3,(H,22,23). The summed E-state index contributed by atoms with van der Waals surface area (Å²) in [5.74, 6) is -2.62. The van der Waals surface area contributed by atoms with Crippen molar-refractivity contribution in [3.05, 3.63) is 29.2 Å². The number of rotatable bonds is 3. The Kier molecular flexibility index (Phi) is 3.93. The number of amides is 1. The average Bonchev–Trinajstić information content (AvgIpc) is 3.06. The fourth-order valence-corrected chi connectivity index (χ4v) is 3.05. The number of carbonyl (C=O) groups is 1. The molecule has 0 saturated heterocycles. The first-order chi connectivity index (χ1) is 11.2. The van der Waals surface area contributed by atoms with E-state index in [1.54, 1.807) is 13.1 Å². The van der Waals surface area contributed by atoms with Crippen LogP contribution in [0.5, 0.6) is 5.75 Å². The van der Waals surface area contributed by atoms with Crippen molar-refractivity contribution in [2.75, 3.05) is 6.54 Å². The van der Waals surface area contributed by atoms with Crippen LogP contribution in [0.15, 0.2) is 12.3 Å². The number of H-pyrrole nitrogens is 1. The van der Waals surface area contributed by atoms with E-state index in [0.29, 0.717) is 17.5 Å². The Morgan fingerprint density at radius 1 is 1.50 bits per heavy atom. The number of alkyl halides is 3. The molecule has 0 bridgehead atoms. The summed E-state index contributed by atoms with van der Waals surface area (Å²) in [6.07, 6.45) is -2.91. The number of hydrogen-bond donors (Lipinski definition) is 2. The van der Waals surface area contributed by atoms with Crippen molar-refractivity contribution in [2.45, 2.75) is 38.5 Å². The molecule has 0 fully saturated rings. The summed E-state index contributed by atoms with van der Waals surface area (Å²) in [4.78, 5) is 13.9. The second-order valence-electron chi connectivity index (χ2n) is 6.07. The van der Waals surface area contributed by atoms with Gasteiger partial charge in [0.1, 0.15) is 6.10 Å². The summed E-state index contributed by atoms with van der Waals surface area (Å²) < 4.78 is 56.4. The van der Waals surface area contributed by atoms with Crippen LogP contribution in [-0.2, 0) is 11.2 Å². The number of hydrogen-bond acceptors (Lipinski definition) is 2. The molecule has 1 aliphatic rings. The van der Waals surface area contributed by atoms with Crippen LogP contribution in [0, 0.1) is 5.82 Å². The fourth-order valence-electron chi connectivity index (χ4n) is 3.05. The minimum Gasteiger partial charge on any atom is -0.487 e. The molecule has 0 saturated carbocycles. The quantitative estimate of drug-likeness (QED) is 0.839. The zero-order valence-corrected chi connectivity index (χ0v) is 13.1. The number of aromatic amines is 1. The van der Waals surface area contributed by atoms with E-state index in [1.165, 1.54) is 6.07 Å². The van der Waals surface area contributed by atoms with E-state index in [9.17, 15) is 22.4 Å². The number of halogens is 4. The molecule has 1 amide bonds. The van der Waals surface area contributed by atoms with Crippen LogP contribution in [0.1, 0.15) is 30.9 Å². The molecule has 1 aliphatic heterocycles. The predicted octanol–water partition coefficient (Wildman–Crippen LogP) is 3.41. The Hall–Kier alpha value is -2.25. The number of aromatic nitrogens is 1. The van der Waals surface area contributed by atoms with Gasteiger partial charge in [-0.05, 0) is 12.5 Å². The van der Waals surface area contributed by atoms with Gasteiger partial charge in [0.05, 0.1) is 0 Å². The third-order valence-electron chi connectivity index (χ3n) is 4.17. The zero-order valence-electron chi connectivity index (χ0n) is 13.1. The number of carbonyl (C=O) groups excluding carboxylic acids is 1. The van der Waals surface area contributed by atoms with Crippen LogP contribution in [0.2, 0.25) is 0 Å². The normalized spacial score (nSPS) is 18.3. The first-order valence-electron chi connectivity index (χ1n) is 7.52. The van der Waals surface area contributed by atoms with Gasteiger partial charge in [0.15, 0.2) is 11.6 Å². The summed E-state index contributed by atoms with van der Waals surface area (Å²) in [6.45, 7) is 3.35. The second kappa shape index (κ2) is 5.68. The first-order valence-corrected chi connectivity index (χ1v) is 7.52. The minimum atomic E-state index is -4.91. The second-order valence-corrected chi connectivity index (χ2v) is 6.07. The highest BCUT2D eigenvalue weighted by Crippen LogP contribution is 2.40. The third-order valence-corrected chi connectivity index (χ3v) is 4.17. The Labute approximate surface area is 135 Å². The lowest BCUT2D eigenvalue weighted by Gasteiger charge is -2.14. The number of benzene rings is 1. The summed E-state index contributed by atoms with van der Waals surface area (Å²) in [6, 6.07) is 1.32. The van der Waals surface area contributed by atoms with Gasteiger partial charge in [-0.25, -0.2) is 4.39 Å². The zero-order chi connectivity index (χ0) is 17.6. The van der Waals surface area contributed by atoms with Crippen molar-refractivity contribution in [2.24, 2.45) is 0 Å². The van der Waals surface area contributed by atoms with Crippen LogP contribution >= 0.6 is 0 Å². The molecule has 2 atom stereocenters. The van der Waals surface area contributed by atoms with E-state index in [2.05, 4.69) is 4.98 Å². The molecule has 0 aliphatic carbocycles. The maximum Gasteiger partial charge on any atom is 0.471 e. The van der Waals surface area contributed by atoms with Gasteiger partial charge < -0.3 is 15.0 Å². The third kappa shape index (κ3) is 2.81. The van der Waals surface area contributed by atoms with Crippen LogP contribution < -0.4 is 10.1 Å². The van der Waals surface area contributed by atoms with Gasteiger partial charge in [0, 0.05) is 47.6 Å². The van der Waals surface area contributed by atoms with Crippen LogP contribution in [0.4, 0.5) is 17.6 Å². The van der Waals surface area contributed by atoms with Crippen molar-refractivity contribution in [1.82, 2.24) is 10.3 Å². The monoisotopic (exact) mass is 344 g/mol. The lowest BCUT2D eigenvalue weighted by molar-refractivity contribution is -0.173.